The number of ether oxygens (including phenoxy) is 1. The van der Waals surface area contributed by atoms with E-state index in [1.807, 2.05) is 24.3 Å². The molecule has 0 heterocycles. The van der Waals surface area contributed by atoms with Gasteiger partial charge in [0.05, 0.1) is 4.92 Å². The monoisotopic (exact) mass is 336 g/mol. The van der Waals surface area contributed by atoms with Crippen molar-refractivity contribution in [3.8, 4) is 5.75 Å². The van der Waals surface area contributed by atoms with E-state index >= 15 is 0 Å². The second-order valence-corrected chi connectivity index (χ2v) is 5.02. The smallest absolute Gasteiger partial charge is 0.292 e. The van der Waals surface area contributed by atoms with Crippen LogP contribution in [0.2, 0.25) is 0 Å². The van der Waals surface area contributed by atoms with Crippen molar-refractivity contribution in [2.75, 3.05) is 12.4 Å². The Morgan fingerprint density at radius 2 is 1.95 bits per heavy atom. The van der Waals surface area contributed by atoms with E-state index in [4.69, 9.17) is 4.74 Å². The first-order valence-electron chi connectivity index (χ1n) is 5.93. The summed E-state index contributed by atoms with van der Waals surface area (Å²) in [6.45, 7) is 0.284. The Morgan fingerprint density at radius 1 is 1.25 bits per heavy atom. The van der Waals surface area contributed by atoms with Crippen molar-refractivity contribution >= 4 is 27.3 Å². The molecule has 0 bridgehead atoms. The number of nitro benzene ring substituents is 1. The molecule has 0 fully saturated rings. The van der Waals surface area contributed by atoms with Crippen LogP contribution < -0.4 is 10.1 Å². The van der Waals surface area contributed by atoms with Gasteiger partial charge in [0.2, 0.25) is 0 Å². The zero-order valence-electron chi connectivity index (χ0n) is 10.8. The molecular weight excluding hydrogens is 324 g/mol. The van der Waals surface area contributed by atoms with Crippen molar-refractivity contribution < 1.29 is 9.66 Å². The van der Waals surface area contributed by atoms with Gasteiger partial charge in [0.15, 0.2) is 0 Å². The SMILES string of the molecule is CNc1ccc(COc2ccc(Br)cc2)cc1[N+](=O)[O-]. The molecule has 20 heavy (non-hydrogen) atoms. The summed E-state index contributed by atoms with van der Waals surface area (Å²) in [5, 5.41) is 13.8. The topological polar surface area (TPSA) is 64.4 Å². The van der Waals surface area contributed by atoms with Crippen LogP contribution in [0.1, 0.15) is 5.56 Å². The Morgan fingerprint density at radius 3 is 2.55 bits per heavy atom. The molecule has 0 aliphatic heterocycles. The fraction of sp³-hybridized carbons (Fsp3) is 0.143. The van der Waals surface area contributed by atoms with Gasteiger partial charge in [-0.15, -0.1) is 0 Å². The van der Waals surface area contributed by atoms with Gasteiger partial charge in [-0.25, -0.2) is 0 Å². The Labute approximate surface area is 124 Å². The van der Waals surface area contributed by atoms with Gasteiger partial charge in [-0.05, 0) is 35.9 Å². The number of benzene rings is 2. The highest BCUT2D eigenvalue weighted by Crippen LogP contribution is 2.26. The molecule has 104 valence electrons. The van der Waals surface area contributed by atoms with Crippen molar-refractivity contribution in [2.24, 2.45) is 0 Å². The van der Waals surface area contributed by atoms with Crippen LogP contribution in [0.15, 0.2) is 46.9 Å². The Hall–Kier alpha value is -2.08. The molecule has 0 atom stereocenters. The van der Waals surface area contributed by atoms with E-state index in [1.54, 1.807) is 19.2 Å². The van der Waals surface area contributed by atoms with Crippen molar-refractivity contribution in [1.82, 2.24) is 0 Å². The number of hydrogen-bond acceptors (Lipinski definition) is 4. The van der Waals surface area contributed by atoms with Crippen LogP contribution in [0.4, 0.5) is 11.4 Å². The normalized spacial score (nSPS) is 10.1. The van der Waals surface area contributed by atoms with Crippen molar-refractivity contribution in [1.29, 1.82) is 0 Å². The van der Waals surface area contributed by atoms with Crippen molar-refractivity contribution in [3.63, 3.8) is 0 Å². The third-order valence-corrected chi connectivity index (χ3v) is 3.28. The van der Waals surface area contributed by atoms with Crippen LogP contribution in [0.5, 0.6) is 5.75 Å². The summed E-state index contributed by atoms with van der Waals surface area (Å²) in [7, 11) is 1.65. The number of nitro groups is 1. The molecule has 5 nitrogen and oxygen atoms in total. The Bertz CT molecular complexity index is 614. The second kappa shape index (κ2) is 6.38. The van der Waals surface area contributed by atoms with Gasteiger partial charge in [0.25, 0.3) is 5.69 Å². The van der Waals surface area contributed by atoms with Gasteiger partial charge >= 0.3 is 0 Å². The quantitative estimate of drug-likeness (QED) is 0.662. The number of halogens is 1. The van der Waals surface area contributed by atoms with Gasteiger partial charge < -0.3 is 10.1 Å². The molecule has 2 rings (SSSR count). The van der Waals surface area contributed by atoms with Gasteiger partial charge in [0.1, 0.15) is 18.0 Å². The fourth-order valence-electron chi connectivity index (χ4n) is 1.73. The van der Waals surface area contributed by atoms with Crippen LogP contribution >= 0.6 is 15.9 Å². The molecule has 0 saturated carbocycles. The third-order valence-electron chi connectivity index (χ3n) is 2.75. The Balaban J connectivity index is 2.11. The minimum Gasteiger partial charge on any atom is -0.489 e. The average molecular weight is 337 g/mol. The molecule has 0 aliphatic rings. The van der Waals surface area contributed by atoms with Crippen molar-refractivity contribution in [2.45, 2.75) is 6.61 Å². The molecule has 2 aromatic carbocycles. The summed E-state index contributed by atoms with van der Waals surface area (Å²) in [6, 6.07) is 12.4. The van der Waals surface area contributed by atoms with E-state index in [0.29, 0.717) is 11.4 Å². The Kier molecular flexibility index (Phi) is 4.57. The minimum atomic E-state index is -0.408. The van der Waals surface area contributed by atoms with Crippen LogP contribution in [-0.2, 0) is 6.61 Å². The lowest BCUT2D eigenvalue weighted by atomic mass is 10.2. The molecule has 0 unspecified atom stereocenters. The van der Waals surface area contributed by atoms with E-state index in [1.165, 1.54) is 6.07 Å². The maximum Gasteiger partial charge on any atom is 0.292 e. The zero-order chi connectivity index (χ0) is 14.5. The first-order valence-corrected chi connectivity index (χ1v) is 6.73. The first kappa shape index (κ1) is 14.3. The van der Waals surface area contributed by atoms with Crippen molar-refractivity contribution in [3.05, 3.63) is 62.6 Å². The average Bonchev–Trinajstić information content (AvgIpc) is 2.46. The minimum absolute atomic E-state index is 0.0457. The molecule has 0 aliphatic carbocycles. The summed E-state index contributed by atoms with van der Waals surface area (Å²) < 4.78 is 6.56. The lowest BCUT2D eigenvalue weighted by Gasteiger charge is -2.08. The number of anilines is 1. The number of hydrogen-bond donors (Lipinski definition) is 1. The van der Waals surface area contributed by atoms with Crippen LogP contribution in [0, 0.1) is 10.1 Å². The van der Waals surface area contributed by atoms with Gasteiger partial charge in [-0.3, -0.25) is 10.1 Å². The standard InChI is InChI=1S/C14H13BrN2O3/c1-16-13-7-2-10(8-14(13)17(18)19)9-20-12-5-3-11(15)4-6-12/h2-8,16H,9H2,1H3. The van der Waals surface area contributed by atoms with Gasteiger partial charge in [-0.2, -0.15) is 0 Å². The van der Waals surface area contributed by atoms with Crippen LogP contribution in [0.25, 0.3) is 0 Å². The van der Waals surface area contributed by atoms with E-state index in [9.17, 15) is 10.1 Å². The molecule has 6 heteroatoms. The number of nitrogens with one attached hydrogen (secondary N) is 1. The number of nitrogens with zero attached hydrogens (tertiary/aromatic N) is 1. The highest BCUT2D eigenvalue weighted by atomic mass is 79.9. The van der Waals surface area contributed by atoms with Crippen LogP contribution in [0.3, 0.4) is 0 Å². The van der Waals surface area contributed by atoms with Crippen LogP contribution in [-0.4, -0.2) is 12.0 Å². The van der Waals surface area contributed by atoms with E-state index < -0.39 is 4.92 Å². The second-order valence-electron chi connectivity index (χ2n) is 4.10. The third kappa shape index (κ3) is 3.48. The first-order chi connectivity index (χ1) is 9.60. The highest BCUT2D eigenvalue weighted by Gasteiger charge is 2.13. The largest absolute Gasteiger partial charge is 0.489 e. The molecule has 0 amide bonds. The van der Waals surface area contributed by atoms with Gasteiger partial charge in [0, 0.05) is 17.6 Å². The molecule has 1 N–H and O–H groups in total. The summed E-state index contributed by atoms with van der Waals surface area (Å²) >= 11 is 3.35. The number of rotatable bonds is 5. The summed E-state index contributed by atoms with van der Waals surface area (Å²) in [5.74, 6) is 0.716. The molecular formula is C14H13BrN2O3. The molecule has 0 aromatic heterocycles. The molecule has 0 spiro atoms. The van der Waals surface area contributed by atoms with E-state index in [-0.39, 0.29) is 12.3 Å². The lowest BCUT2D eigenvalue weighted by Crippen LogP contribution is -2.00. The maximum absolute atomic E-state index is 11.0. The summed E-state index contributed by atoms with van der Waals surface area (Å²) in [6.07, 6.45) is 0. The fourth-order valence-corrected chi connectivity index (χ4v) is 1.99. The predicted molar refractivity (Wildman–Crippen MR) is 81.1 cm³/mol. The molecule has 0 saturated heterocycles. The van der Waals surface area contributed by atoms with E-state index in [0.717, 1.165) is 10.0 Å². The lowest BCUT2D eigenvalue weighted by molar-refractivity contribution is -0.384. The summed E-state index contributed by atoms with van der Waals surface area (Å²) in [5.41, 5.74) is 1.28. The zero-order valence-corrected chi connectivity index (χ0v) is 12.4. The highest BCUT2D eigenvalue weighted by molar-refractivity contribution is 9.10. The molecule has 2 aromatic rings. The predicted octanol–water partition coefficient (Wildman–Crippen LogP) is 3.98. The summed E-state index contributed by atoms with van der Waals surface area (Å²) in [4.78, 5) is 10.6. The molecule has 0 radical (unpaired) electrons. The maximum atomic E-state index is 11.0. The van der Waals surface area contributed by atoms with E-state index in [2.05, 4.69) is 21.2 Å². The van der Waals surface area contributed by atoms with Gasteiger partial charge in [-0.1, -0.05) is 22.0 Å².